The number of aromatic nitrogens is 2. The van der Waals surface area contributed by atoms with Crippen molar-refractivity contribution >= 4 is 11.7 Å². The summed E-state index contributed by atoms with van der Waals surface area (Å²) in [7, 11) is 3.32. The lowest BCUT2D eigenvalue weighted by molar-refractivity contribution is 0.0636. The van der Waals surface area contributed by atoms with Crippen LogP contribution >= 0.6 is 0 Å². The number of carbonyl (C=O) groups is 1. The van der Waals surface area contributed by atoms with Gasteiger partial charge in [-0.05, 0) is 13.8 Å². The summed E-state index contributed by atoms with van der Waals surface area (Å²) in [6.07, 6.45) is 1.50. The first-order valence-corrected chi connectivity index (χ1v) is 5.56. The fourth-order valence-corrected chi connectivity index (χ4v) is 1.55. The van der Waals surface area contributed by atoms with Crippen LogP contribution in [-0.4, -0.2) is 46.9 Å². The molecule has 17 heavy (non-hydrogen) atoms. The van der Waals surface area contributed by atoms with Gasteiger partial charge in [0.2, 0.25) is 0 Å². The first kappa shape index (κ1) is 13.5. The summed E-state index contributed by atoms with van der Waals surface area (Å²) >= 11 is 0. The van der Waals surface area contributed by atoms with E-state index >= 15 is 0 Å². The van der Waals surface area contributed by atoms with Crippen LogP contribution in [0, 0.1) is 0 Å². The van der Waals surface area contributed by atoms with E-state index in [-0.39, 0.29) is 11.9 Å². The van der Waals surface area contributed by atoms with E-state index in [4.69, 9.17) is 10.5 Å². The third kappa shape index (κ3) is 2.97. The number of nitrogens with zero attached hydrogens (tertiary/aromatic N) is 3. The van der Waals surface area contributed by atoms with Crippen LogP contribution in [-0.2, 0) is 11.8 Å². The second kappa shape index (κ2) is 5.67. The Balaban J connectivity index is 2.88. The van der Waals surface area contributed by atoms with Gasteiger partial charge in [-0.1, -0.05) is 0 Å². The zero-order chi connectivity index (χ0) is 13.0. The molecule has 6 nitrogen and oxygen atoms in total. The van der Waals surface area contributed by atoms with Crippen LogP contribution in [0.15, 0.2) is 6.20 Å². The van der Waals surface area contributed by atoms with E-state index in [0.29, 0.717) is 24.5 Å². The van der Waals surface area contributed by atoms with E-state index in [9.17, 15) is 4.79 Å². The molecule has 0 saturated carbocycles. The molecular weight excluding hydrogens is 220 g/mol. The van der Waals surface area contributed by atoms with Gasteiger partial charge in [0.15, 0.2) is 0 Å². The van der Waals surface area contributed by atoms with E-state index < -0.39 is 0 Å². The molecule has 1 aromatic rings. The molecule has 96 valence electrons. The average molecular weight is 240 g/mol. The van der Waals surface area contributed by atoms with Crippen LogP contribution < -0.4 is 5.73 Å². The molecule has 0 bridgehead atoms. The van der Waals surface area contributed by atoms with Crippen molar-refractivity contribution in [3.63, 3.8) is 0 Å². The summed E-state index contributed by atoms with van der Waals surface area (Å²) in [6, 6.07) is 0.0947. The zero-order valence-corrected chi connectivity index (χ0v) is 10.8. The minimum Gasteiger partial charge on any atom is -0.383 e. The summed E-state index contributed by atoms with van der Waals surface area (Å²) in [5, 5.41) is 3.97. The first-order valence-electron chi connectivity index (χ1n) is 5.56. The van der Waals surface area contributed by atoms with Gasteiger partial charge in [0, 0.05) is 26.7 Å². The van der Waals surface area contributed by atoms with Gasteiger partial charge >= 0.3 is 0 Å². The quantitative estimate of drug-likeness (QED) is 0.813. The number of aryl methyl sites for hydroxylation is 1. The minimum absolute atomic E-state index is 0.0947. The SMILES string of the molecule is COCCN(C(=O)c1cnn(C)c1N)C(C)C. The Morgan fingerprint density at radius 2 is 2.29 bits per heavy atom. The molecule has 2 N–H and O–H groups in total. The Labute approximate surface area is 101 Å². The molecule has 6 heteroatoms. The van der Waals surface area contributed by atoms with Gasteiger partial charge < -0.3 is 15.4 Å². The monoisotopic (exact) mass is 240 g/mol. The number of anilines is 1. The smallest absolute Gasteiger partial charge is 0.259 e. The fraction of sp³-hybridized carbons (Fsp3) is 0.636. The van der Waals surface area contributed by atoms with Gasteiger partial charge in [-0.2, -0.15) is 5.10 Å². The molecule has 1 heterocycles. The van der Waals surface area contributed by atoms with Crippen molar-refractivity contribution in [2.45, 2.75) is 19.9 Å². The number of amides is 1. The van der Waals surface area contributed by atoms with Crippen LogP contribution in [0.5, 0.6) is 0 Å². The van der Waals surface area contributed by atoms with E-state index in [1.165, 1.54) is 10.9 Å². The van der Waals surface area contributed by atoms with E-state index in [1.54, 1.807) is 19.1 Å². The number of nitrogen functional groups attached to an aromatic ring is 1. The fourth-order valence-electron chi connectivity index (χ4n) is 1.55. The van der Waals surface area contributed by atoms with Gasteiger partial charge in [-0.15, -0.1) is 0 Å². The highest BCUT2D eigenvalue weighted by Gasteiger charge is 2.22. The highest BCUT2D eigenvalue weighted by atomic mass is 16.5. The van der Waals surface area contributed by atoms with Crippen molar-refractivity contribution in [1.82, 2.24) is 14.7 Å². The number of carbonyl (C=O) groups excluding carboxylic acids is 1. The van der Waals surface area contributed by atoms with E-state index in [1.807, 2.05) is 13.8 Å². The van der Waals surface area contributed by atoms with Crippen molar-refractivity contribution in [1.29, 1.82) is 0 Å². The first-order chi connectivity index (χ1) is 7.99. The number of nitrogens with two attached hydrogens (primary N) is 1. The lowest BCUT2D eigenvalue weighted by atomic mass is 10.2. The van der Waals surface area contributed by atoms with Gasteiger partial charge in [-0.25, -0.2) is 0 Å². The highest BCUT2D eigenvalue weighted by molar-refractivity contribution is 5.98. The minimum atomic E-state index is -0.109. The van der Waals surface area contributed by atoms with Gasteiger partial charge in [-0.3, -0.25) is 9.48 Å². The molecule has 0 saturated heterocycles. The molecule has 0 atom stereocenters. The molecular formula is C11H20N4O2. The number of rotatable bonds is 5. The zero-order valence-electron chi connectivity index (χ0n) is 10.8. The van der Waals surface area contributed by atoms with E-state index in [0.717, 1.165) is 0 Å². The van der Waals surface area contributed by atoms with Crippen LogP contribution in [0.1, 0.15) is 24.2 Å². The molecule has 1 rings (SSSR count). The normalized spacial score (nSPS) is 10.9. The molecule has 0 spiro atoms. The number of hydrogen-bond donors (Lipinski definition) is 1. The third-order valence-electron chi connectivity index (χ3n) is 2.64. The molecule has 1 aromatic heterocycles. The molecule has 0 fully saturated rings. The summed E-state index contributed by atoms with van der Waals surface area (Å²) in [4.78, 5) is 14.0. The van der Waals surface area contributed by atoms with Crippen molar-refractivity contribution < 1.29 is 9.53 Å². The van der Waals surface area contributed by atoms with Crippen molar-refractivity contribution in [3.05, 3.63) is 11.8 Å². The Hall–Kier alpha value is -1.56. The maximum atomic E-state index is 12.3. The molecule has 0 aromatic carbocycles. The Morgan fingerprint density at radius 3 is 2.71 bits per heavy atom. The average Bonchev–Trinajstić information content (AvgIpc) is 2.59. The maximum absolute atomic E-state index is 12.3. The highest BCUT2D eigenvalue weighted by Crippen LogP contribution is 2.14. The van der Waals surface area contributed by atoms with Gasteiger partial charge in [0.1, 0.15) is 11.4 Å². The van der Waals surface area contributed by atoms with Gasteiger partial charge in [0.05, 0.1) is 12.8 Å². The van der Waals surface area contributed by atoms with Crippen molar-refractivity contribution in [2.24, 2.45) is 7.05 Å². The van der Waals surface area contributed by atoms with Crippen LogP contribution in [0.4, 0.5) is 5.82 Å². The number of ether oxygens (including phenoxy) is 1. The predicted octanol–water partition coefficient (Wildman–Crippen LogP) is 0.499. The topological polar surface area (TPSA) is 73.4 Å². The summed E-state index contributed by atoms with van der Waals surface area (Å²) < 4.78 is 6.49. The van der Waals surface area contributed by atoms with Crippen LogP contribution in [0.3, 0.4) is 0 Å². The van der Waals surface area contributed by atoms with E-state index in [2.05, 4.69) is 5.10 Å². The molecule has 0 aliphatic heterocycles. The molecule has 0 radical (unpaired) electrons. The molecule has 0 aliphatic carbocycles. The van der Waals surface area contributed by atoms with Crippen molar-refractivity contribution in [3.8, 4) is 0 Å². The predicted molar refractivity (Wildman–Crippen MR) is 65.7 cm³/mol. The standard InChI is InChI=1S/C11H20N4O2/c1-8(2)15(5-6-17-4)11(16)9-7-13-14(3)10(9)12/h7-8H,5-6,12H2,1-4H3. The Morgan fingerprint density at radius 1 is 1.65 bits per heavy atom. The largest absolute Gasteiger partial charge is 0.383 e. The summed E-state index contributed by atoms with van der Waals surface area (Å²) in [6.45, 7) is 4.96. The van der Waals surface area contributed by atoms with Crippen LogP contribution in [0.2, 0.25) is 0 Å². The molecule has 0 aliphatic rings. The van der Waals surface area contributed by atoms with Crippen LogP contribution in [0.25, 0.3) is 0 Å². The second-order valence-corrected chi connectivity index (χ2v) is 4.15. The molecule has 0 unspecified atom stereocenters. The number of methoxy groups -OCH3 is 1. The Bertz CT molecular complexity index is 387. The maximum Gasteiger partial charge on any atom is 0.259 e. The Kier molecular flexibility index (Phi) is 4.51. The third-order valence-corrected chi connectivity index (χ3v) is 2.64. The summed E-state index contributed by atoms with van der Waals surface area (Å²) in [5.74, 6) is 0.278. The number of hydrogen-bond acceptors (Lipinski definition) is 4. The van der Waals surface area contributed by atoms with Gasteiger partial charge in [0.25, 0.3) is 5.91 Å². The second-order valence-electron chi connectivity index (χ2n) is 4.15. The lowest BCUT2D eigenvalue weighted by Crippen LogP contribution is -2.39. The molecule has 1 amide bonds. The lowest BCUT2D eigenvalue weighted by Gasteiger charge is -2.26. The van der Waals surface area contributed by atoms with Crippen molar-refractivity contribution in [2.75, 3.05) is 26.0 Å². The summed E-state index contributed by atoms with van der Waals surface area (Å²) in [5.41, 5.74) is 6.23.